The topological polar surface area (TPSA) is 63.3 Å². The highest BCUT2D eigenvalue weighted by Crippen LogP contribution is 2.19. The van der Waals surface area contributed by atoms with Crippen LogP contribution in [0.25, 0.3) is 0 Å². The van der Waals surface area contributed by atoms with E-state index in [0.29, 0.717) is 6.42 Å². The fourth-order valence-electron chi connectivity index (χ4n) is 1.59. The first kappa shape index (κ1) is 12.7. The molecule has 0 radical (unpaired) electrons. The van der Waals surface area contributed by atoms with Crippen LogP contribution in [0, 0.1) is 5.41 Å². The predicted octanol–water partition coefficient (Wildman–Crippen LogP) is 1.88. The van der Waals surface area contributed by atoms with Crippen LogP contribution in [0.15, 0.2) is 24.3 Å². The van der Waals surface area contributed by atoms with Gasteiger partial charge < -0.3 is 10.8 Å². The Morgan fingerprint density at radius 3 is 2.56 bits per heavy atom. The first-order valence-corrected chi connectivity index (χ1v) is 5.38. The van der Waals surface area contributed by atoms with E-state index in [0.717, 1.165) is 5.56 Å². The second-order valence-corrected chi connectivity index (χ2v) is 5.09. The molecule has 3 N–H and O–H groups in total. The third kappa shape index (κ3) is 3.35. The highest BCUT2D eigenvalue weighted by molar-refractivity contribution is 5.88. The number of phenols is 1. The largest absolute Gasteiger partial charge is 0.508 e. The zero-order chi connectivity index (χ0) is 12.3. The summed E-state index contributed by atoms with van der Waals surface area (Å²) in [5.74, 6) is 0.240. The van der Waals surface area contributed by atoms with Crippen molar-refractivity contribution in [3.63, 3.8) is 0 Å². The standard InChI is InChI=1S/C13H19NO2/c1-13(2,3)12(16)11(14)8-9-5-4-6-10(15)7-9/h4-7,11,15H,8,14H2,1-3H3. The minimum Gasteiger partial charge on any atom is -0.508 e. The molecule has 0 heterocycles. The summed E-state index contributed by atoms with van der Waals surface area (Å²) in [4.78, 5) is 11.9. The van der Waals surface area contributed by atoms with Crippen molar-refractivity contribution in [1.29, 1.82) is 0 Å². The molecule has 1 aromatic rings. The smallest absolute Gasteiger partial charge is 0.155 e. The summed E-state index contributed by atoms with van der Waals surface area (Å²) in [6.45, 7) is 5.58. The number of Topliss-reactive ketones (excluding diaryl/α,β-unsaturated/α-hetero) is 1. The molecule has 0 aliphatic heterocycles. The molecule has 0 fully saturated rings. The van der Waals surface area contributed by atoms with Crippen molar-refractivity contribution in [2.75, 3.05) is 0 Å². The quantitative estimate of drug-likeness (QED) is 0.819. The van der Waals surface area contributed by atoms with Gasteiger partial charge in [-0.05, 0) is 24.1 Å². The number of nitrogens with two attached hydrogens (primary N) is 1. The molecule has 0 amide bonds. The van der Waals surface area contributed by atoms with Crippen LogP contribution < -0.4 is 5.73 Å². The van der Waals surface area contributed by atoms with Crippen molar-refractivity contribution >= 4 is 5.78 Å². The molecule has 0 saturated heterocycles. The van der Waals surface area contributed by atoms with Crippen LogP contribution in [-0.2, 0) is 11.2 Å². The summed E-state index contributed by atoms with van der Waals surface area (Å²) >= 11 is 0. The molecule has 0 saturated carbocycles. The van der Waals surface area contributed by atoms with Crippen LogP contribution in [0.2, 0.25) is 0 Å². The normalized spacial score (nSPS) is 13.5. The number of benzene rings is 1. The van der Waals surface area contributed by atoms with Crippen molar-refractivity contribution < 1.29 is 9.90 Å². The van der Waals surface area contributed by atoms with Gasteiger partial charge in [-0.3, -0.25) is 4.79 Å². The summed E-state index contributed by atoms with van der Waals surface area (Å²) in [5.41, 5.74) is 6.31. The highest BCUT2D eigenvalue weighted by atomic mass is 16.3. The van der Waals surface area contributed by atoms with Gasteiger partial charge in [-0.15, -0.1) is 0 Å². The van der Waals surface area contributed by atoms with Gasteiger partial charge >= 0.3 is 0 Å². The molecule has 0 spiro atoms. The molecule has 3 nitrogen and oxygen atoms in total. The van der Waals surface area contributed by atoms with Crippen molar-refractivity contribution in [2.45, 2.75) is 33.2 Å². The highest BCUT2D eigenvalue weighted by Gasteiger charge is 2.26. The molecule has 16 heavy (non-hydrogen) atoms. The molecular weight excluding hydrogens is 202 g/mol. The van der Waals surface area contributed by atoms with Crippen LogP contribution in [0.3, 0.4) is 0 Å². The minimum atomic E-state index is -0.512. The molecule has 0 bridgehead atoms. The van der Waals surface area contributed by atoms with E-state index in [4.69, 9.17) is 5.73 Å². The maximum absolute atomic E-state index is 11.9. The lowest BCUT2D eigenvalue weighted by Crippen LogP contribution is -2.40. The number of hydrogen-bond donors (Lipinski definition) is 2. The van der Waals surface area contributed by atoms with E-state index >= 15 is 0 Å². The Morgan fingerprint density at radius 2 is 2.06 bits per heavy atom. The van der Waals surface area contributed by atoms with Crippen LogP contribution in [0.4, 0.5) is 0 Å². The summed E-state index contributed by atoms with van der Waals surface area (Å²) < 4.78 is 0. The summed E-state index contributed by atoms with van der Waals surface area (Å²) in [7, 11) is 0. The van der Waals surface area contributed by atoms with Gasteiger partial charge in [-0.25, -0.2) is 0 Å². The van der Waals surface area contributed by atoms with E-state index in [1.54, 1.807) is 18.2 Å². The molecule has 0 aliphatic carbocycles. The first-order valence-electron chi connectivity index (χ1n) is 5.38. The van der Waals surface area contributed by atoms with E-state index in [1.165, 1.54) is 0 Å². The third-order valence-electron chi connectivity index (χ3n) is 2.44. The summed E-state index contributed by atoms with van der Waals surface area (Å²) in [6.07, 6.45) is 0.463. The summed E-state index contributed by atoms with van der Waals surface area (Å²) in [6, 6.07) is 6.33. The maximum Gasteiger partial charge on any atom is 0.155 e. The summed E-state index contributed by atoms with van der Waals surface area (Å²) in [5, 5.41) is 9.30. The molecule has 1 unspecified atom stereocenters. The number of phenolic OH excluding ortho intramolecular Hbond substituents is 1. The molecule has 0 aliphatic rings. The SMILES string of the molecule is CC(C)(C)C(=O)C(N)Cc1cccc(O)c1. The Balaban J connectivity index is 2.72. The van der Waals surface area contributed by atoms with E-state index in [-0.39, 0.29) is 11.5 Å². The van der Waals surface area contributed by atoms with Gasteiger partial charge in [0.2, 0.25) is 0 Å². The fraction of sp³-hybridized carbons (Fsp3) is 0.462. The maximum atomic E-state index is 11.9. The average molecular weight is 221 g/mol. The van der Waals surface area contributed by atoms with Gasteiger partial charge in [-0.2, -0.15) is 0 Å². The van der Waals surface area contributed by atoms with E-state index < -0.39 is 11.5 Å². The molecule has 88 valence electrons. The third-order valence-corrected chi connectivity index (χ3v) is 2.44. The Morgan fingerprint density at radius 1 is 1.44 bits per heavy atom. The van der Waals surface area contributed by atoms with Gasteiger partial charge in [0.15, 0.2) is 5.78 Å². The monoisotopic (exact) mass is 221 g/mol. The molecule has 1 rings (SSSR count). The number of rotatable bonds is 3. The van der Waals surface area contributed by atoms with Crippen molar-refractivity contribution in [3.8, 4) is 5.75 Å². The Labute approximate surface area is 96.3 Å². The molecule has 1 atom stereocenters. The molecular formula is C13H19NO2. The van der Waals surface area contributed by atoms with E-state index in [9.17, 15) is 9.90 Å². The zero-order valence-corrected chi connectivity index (χ0v) is 10.0. The average Bonchev–Trinajstić information content (AvgIpc) is 2.15. The van der Waals surface area contributed by atoms with Gasteiger partial charge in [0.1, 0.15) is 5.75 Å². The van der Waals surface area contributed by atoms with Crippen LogP contribution in [0.1, 0.15) is 26.3 Å². The van der Waals surface area contributed by atoms with Crippen molar-refractivity contribution in [2.24, 2.45) is 11.1 Å². The van der Waals surface area contributed by atoms with Gasteiger partial charge in [-0.1, -0.05) is 32.9 Å². The lowest BCUT2D eigenvalue weighted by Gasteiger charge is -2.21. The Bertz CT molecular complexity index is 380. The molecule has 0 aromatic heterocycles. The Hall–Kier alpha value is -1.35. The fourth-order valence-corrected chi connectivity index (χ4v) is 1.59. The first-order chi connectivity index (χ1) is 7.30. The number of hydrogen-bond acceptors (Lipinski definition) is 3. The second kappa shape index (κ2) is 4.66. The van der Waals surface area contributed by atoms with Gasteiger partial charge in [0, 0.05) is 5.41 Å². The van der Waals surface area contributed by atoms with Crippen LogP contribution in [-0.4, -0.2) is 16.9 Å². The van der Waals surface area contributed by atoms with E-state index in [1.807, 2.05) is 26.8 Å². The minimum absolute atomic E-state index is 0.0378. The van der Waals surface area contributed by atoms with Crippen molar-refractivity contribution in [3.05, 3.63) is 29.8 Å². The van der Waals surface area contributed by atoms with Crippen LogP contribution >= 0.6 is 0 Å². The predicted molar refractivity (Wildman–Crippen MR) is 64.2 cm³/mol. The number of ketones is 1. The Kier molecular flexibility index (Phi) is 3.70. The second-order valence-electron chi connectivity index (χ2n) is 5.09. The zero-order valence-electron chi connectivity index (χ0n) is 10.0. The lowest BCUT2D eigenvalue weighted by molar-refractivity contribution is -0.127. The number of carbonyl (C=O) groups is 1. The molecule has 3 heteroatoms. The van der Waals surface area contributed by atoms with Crippen molar-refractivity contribution in [1.82, 2.24) is 0 Å². The van der Waals surface area contributed by atoms with Gasteiger partial charge in [0.05, 0.1) is 6.04 Å². The van der Waals surface area contributed by atoms with Crippen LogP contribution in [0.5, 0.6) is 5.75 Å². The van der Waals surface area contributed by atoms with Gasteiger partial charge in [0.25, 0.3) is 0 Å². The lowest BCUT2D eigenvalue weighted by atomic mass is 9.85. The molecule has 1 aromatic carbocycles. The van der Waals surface area contributed by atoms with E-state index in [2.05, 4.69) is 0 Å². The number of aromatic hydroxyl groups is 1. The number of carbonyl (C=O) groups excluding carboxylic acids is 1.